The summed E-state index contributed by atoms with van der Waals surface area (Å²) in [5, 5.41) is 0. The molecule has 0 amide bonds. The summed E-state index contributed by atoms with van der Waals surface area (Å²) in [6.45, 7) is 3.75. The third kappa shape index (κ3) is 5.90. The van der Waals surface area contributed by atoms with E-state index in [4.69, 9.17) is 10.5 Å². The maximum Gasteiger partial charge on any atom is 0.425 e. The second kappa shape index (κ2) is 9.26. The van der Waals surface area contributed by atoms with Gasteiger partial charge in [-0.3, -0.25) is 0 Å². The molecule has 1 aliphatic rings. The minimum atomic E-state index is -4.60. The molecule has 1 aliphatic heterocycles. The van der Waals surface area contributed by atoms with E-state index in [9.17, 15) is 18.0 Å². The van der Waals surface area contributed by atoms with Crippen LogP contribution in [0.25, 0.3) is 0 Å². The number of alkyl halides is 3. The van der Waals surface area contributed by atoms with E-state index in [1.165, 1.54) is 24.3 Å². The molecule has 26 heavy (non-hydrogen) atoms. The summed E-state index contributed by atoms with van der Waals surface area (Å²) in [6, 6.07) is 5.70. The van der Waals surface area contributed by atoms with Gasteiger partial charge < -0.3 is 15.4 Å². The number of hydrogen-bond donors (Lipinski definition) is 1. The van der Waals surface area contributed by atoms with Gasteiger partial charge in [0.25, 0.3) is 0 Å². The van der Waals surface area contributed by atoms with Crippen LogP contribution in [0.15, 0.2) is 24.3 Å². The molecule has 1 aromatic rings. The first kappa shape index (κ1) is 20.6. The fraction of sp³-hybridized carbons (Fsp3) is 0.632. The van der Waals surface area contributed by atoms with E-state index in [1.807, 2.05) is 6.92 Å². The van der Waals surface area contributed by atoms with E-state index in [1.54, 1.807) is 0 Å². The molecule has 1 heterocycles. The number of carbonyl (C=O) groups is 1. The third-order valence-corrected chi connectivity index (χ3v) is 4.73. The van der Waals surface area contributed by atoms with Gasteiger partial charge in [0.05, 0.1) is 5.56 Å². The van der Waals surface area contributed by atoms with Gasteiger partial charge in [-0.05, 0) is 56.6 Å². The molecule has 1 aromatic carbocycles. The topological polar surface area (TPSA) is 55.6 Å². The van der Waals surface area contributed by atoms with Crippen molar-refractivity contribution in [1.29, 1.82) is 0 Å². The number of nitrogen functional groups attached to an aromatic ring is 1. The van der Waals surface area contributed by atoms with Crippen molar-refractivity contribution in [3.8, 4) is 0 Å². The Morgan fingerprint density at radius 2 is 1.81 bits per heavy atom. The number of benzene rings is 1. The van der Waals surface area contributed by atoms with Crippen molar-refractivity contribution in [2.24, 2.45) is 5.92 Å². The van der Waals surface area contributed by atoms with Gasteiger partial charge in [0.1, 0.15) is 0 Å². The van der Waals surface area contributed by atoms with Gasteiger partial charge >= 0.3 is 12.1 Å². The van der Waals surface area contributed by atoms with E-state index in [-0.39, 0.29) is 5.56 Å². The maximum absolute atomic E-state index is 13.7. The van der Waals surface area contributed by atoms with Gasteiger partial charge in [0.15, 0.2) is 0 Å². The quantitative estimate of drug-likeness (QED) is 0.574. The first-order chi connectivity index (χ1) is 12.3. The molecular weight excluding hydrogens is 345 g/mol. The molecule has 2 rings (SSSR count). The number of likely N-dealkylation sites (tertiary alicyclic amines) is 1. The van der Waals surface area contributed by atoms with Gasteiger partial charge in [-0.15, -0.1) is 0 Å². The molecule has 1 saturated heterocycles. The summed E-state index contributed by atoms with van der Waals surface area (Å²) in [5.41, 5.74) is 6.06. The third-order valence-electron chi connectivity index (χ3n) is 4.73. The van der Waals surface area contributed by atoms with Crippen LogP contribution in [0.2, 0.25) is 0 Å². The zero-order valence-electron chi connectivity index (χ0n) is 15.1. The summed E-state index contributed by atoms with van der Waals surface area (Å²) in [6.07, 6.45) is -2.63. The minimum absolute atomic E-state index is 0.0710. The maximum atomic E-state index is 13.7. The lowest BCUT2D eigenvalue weighted by Crippen LogP contribution is -2.46. The second-order valence-corrected chi connectivity index (χ2v) is 6.90. The number of nitrogens with two attached hydrogens (primary N) is 1. The van der Waals surface area contributed by atoms with Gasteiger partial charge in [0, 0.05) is 18.2 Å². The molecule has 0 spiro atoms. The highest BCUT2D eigenvalue weighted by atomic mass is 19.4. The molecule has 0 bridgehead atoms. The number of anilines is 1. The Hall–Kier alpha value is -1.76. The lowest BCUT2D eigenvalue weighted by atomic mass is 9.94. The molecule has 7 heteroatoms. The Bertz CT molecular complexity index is 569. The van der Waals surface area contributed by atoms with Crippen LogP contribution in [0.3, 0.4) is 0 Å². The average molecular weight is 372 g/mol. The van der Waals surface area contributed by atoms with Crippen molar-refractivity contribution in [1.82, 2.24) is 4.90 Å². The van der Waals surface area contributed by atoms with Crippen LogP contribution in [-0.2, 0) is 4.74 Å². The first-order valence-electron chi connectivity index (χ1n) is 9.17. The van der Waals surface area contributed by atoms with Crippen LogP contribution in [0.5, 0.6) is 0 Å². The number of rotatable bonds is 7. The second-order valence-electron chi connectivity index (χ2n) is 6.90. The van der Waals surface area contributed by atoms with Crippen molar-refractivity contribution >= 4 is 11.7 Å². The van der Waals surface area contributed by atoms with E-state index in [0.29, 0.717) is 25.1 Å². The van der Waals surface area contributed by atoms with Crippen molar-refractivity contribution in [2.45, 2.75) is 51.3 Å². The Morgan fingerprint density at radius 1 is 1.19 bits per heavy atom. The Labute approximate surface area is 152 Å². The molecule has 2 atom stereocenters. The Kier molecular flexibility index (Phi) is 7.32. The largest absolute Gasteiger partial charge is 0.449 e. The highest BCUT2D eigenvalue weighted by molar-refractivity contribution is 5.89. The Morgan fingerprint density at radius 3 is 2.35 bits per heavy atom. The lowest BCUT2D eigenvalue weighted by molar-refractivity contribution is -0.222. The molecule has 4 nitrogen and oxygen atoms in total. The van der Waals surface area contributed by atoms with E-state index < -0.39 is 24.2 Å². The van der Waals surface area contributed by atoms with Crippen LogP contribution in [-0.4, -0.2) is 42.8 Å². The van der Waals surface area contributed by atoms with Crippen LogP contribution in [0.1, 0.15) is 49.4 Å². The minimum Gasteiger partial charge on any atom is -0.449 e. The highest BCUT2D eigenvalue weighted by Crippen LogP contribution is 2.33. The number of piperidine rings is 1. The summed E-state index contributed by atoms with van der Waals surface area (Å²) < 4.78 is 46.0. The van der Waals surface area contributed by atoms with Crippen LogP contribution in [0, 0.1) is 5.92 Å². The number of ether oxygens (including phenoxy) is 1. The molecule has 146 valence electrons. The average Bonchev–Trinajstić information content (AvgIpc) is 2.60. The number of nitrogens with zero attached hydrogens (tertiary/aromatic N) is 1. The monoisotopic (exact) mass is 372 g/mol. The summed E-state index contributed by atoms with van der Waals surface area (Å²) in [4.78, 5) is 14.3. The molecule has 0 saturated carbocycles. The van der Waals surface area contributed by atoms with Crippen molar-refractivity contribution in [3.05, 3.63) is 29.8 Å². The normalized spacial score (nSPS) is 18.3. The summed E-state index contributed by atoms with van der Waals surface area (Å²) in [5.74, 6) is -1.73. The molecule has 0 aromatic heterocycles. The van der Waals surface area contributed by atoms with Gasteiger partial charge in [-0.2, -0.15) is 13.2 Å². The predicted octanol–water partition coefficient (Wildman–Crippen LogP) is 4.26. The van der Waals surface area contributed by atoms with Crippen LogP contribution < -0.4 is 5.73 Å². The van der Waals surface area contributed by atoms with Crippen molar-refractivity contribution in [2.75, 3.05) is 25.4 Å². The highest BCUT2D eigenvalue weighted by Gasteiger charge is 2.48. The Balaban J connectivity index is 2.14. The zero-order chi connectivity index (χ0) is 19.2. The standard InChI is InChI=1S/C19H27F3N2O2/c1-2-6-15(13-24-11-4-3-5-12-24)17(19(20,21)22)26-18(25)14-7-9-16(23)10-8-14/h7-10,15,17H,2-6,11-13,23H2,1H3/t15-,17+/m1/s1. The van der Waals surface area contributed by atoms with Crippen LogP contribution in [0.4, 0.5) is 18.9 Å². The van der Waals surface area contributed by atoms with Gasteiger partial charge in [-0.25, -0.2) is 4.79 Å². The van der Waals surface area contributed by atoms with E-state index >= 15 is 0 Å². The lowest BCUT2D eigenvalue weighted by Gasteiger charge is -2.34. The molecule has 0 aliphatic carbocycles. The van der Waals surface area contributed by atoms with Gasteiger partial charge in [-0.1, -0.05) is 19.8 Å². The number of carbonyl (C=O) groups excluding carboxylic acids is 1. The van der Waals surface area contributed by atoms with Gasteiger partial charge in [0.2, 0.25) is 6.10 Å². The van der Waals surface area contributed by atoms with E-state index in [2.05, 4.69) is 4.90 Å². The first-order valence-corrected chi connectivity index (χ1v) is 9.17. The predicted molar refractivity (Wildman–Crippen MR) is 94.8 cm³/mol. The summed E-state index contributed by atoms with van der Waals surface area (Å²) in [7, 11) is 0. The molecule has 0 radical (unpaired) electrons. The zero-order valence-corrected chi connectivity index (χ0v) is 15.1. The fourth-order valence-corrected chi connectivity index (χ4v) is 3.42. The van der Waals surface area contributed by atoms with Crippen molar-refractivity contribution < 1.29 is 22.7 Å². The molecular formula is C19H27F3N2O2. The van der Waals surface area contributed by atoms with Crippen molar-refractivity contribution in [3.63, 3.8) is 0 Å². The number of halogens is 3. The SMILES string of the molecule is CCC[C@H](CN1CCCCC1)[C@H](OC(=O)c1ccc(N)cc1)C(F)(F)F. The molecule has 1 fully saturated rings. The summed E-state index contributed by atoms with van der Waals surface area (Å²) >= 11 is 0. The van der Waals surface area contributed by atoms with Crippen LogP contribution >= 0.6 is 0 Å². The van der Waals surface area contributed by atoms with E-state index in [0.717, 1.165) is 32.4 Å². The number of hydrogen-bond acceptors (Lipinski definition) is 4. The smallest absolute Gasteiger partial charge is 0.425 e. The number of esters is 1. The fourth-order valence-electron chi connectivity index (χ4n) is 3.42. The molecule has 2 N–H and O–H groups in total. The molecule has 0 unspecified atom stereocenters.